The lowest BCUT2D eigenvalue weighted by Gasteiger charge is -2.15. The van der Waals surface area contributed by atoms with Crippen molar-refractivity contribution in [1.29, 1.82) is 0 Å². The minimum Gasteiger partial charge on any atom is -0.288 e. The van der Waals surface area contributed by atoms with Gasteiger partial charge < -0.3 is 0 Å². The Morgan fingerprint density at radius 3 is 0.920 bits per heavy atom. The second kappa shape index (κ2) is 11.7. The van der Waals surface area contributed by atoms with E-state index in [9.17, 15) is 19.2 Å². The van der Waals surface area contributed by atoms with Crippen LogP contribution in [-0.4, -0.2) is 23.1 Å². The second-order valence-corrected chi connectivity index (χ2v) is 13.2. The first kappa shape index (κ1) is 31.0. The Morgan fingerprint density at radius 2 is 0.620 bits per heavy atom. The third-order valence-corrected chi connectivity index (χ3v) is 10.1. The van der Waals surface area contributed by atoms with Gasteiger partial charge in [0.25, 0.3) is 0 Å². The molecule has 4 heteroatoms. The first-order valence-corrected chi connectivity index (χ1v) is 16.7. The molecule has 0 bridgehead atoms. The SMILES string of the molecule is Cc1cccc(C)c1-c1cc(=C2C(=O)c3ccccc3C2=O)cc/c1=c1/ccc(=C2C(=O)c3ccccc3C2=O)cc1-c1c(C)cccc1C. The molecular formula is C46H32O4. The maximum Gasteiger partial charge on any atom is 0.198 e. The predicted molar refractivity (Wildman–Crippen MR) is 197 cm³/mol. The first-order chi connectivity index (χ1) is 24.2. The number of fused-ring (bicyclic) bond motifs is 2. The van der Waals surface area contributed by atoms with Gasteiger partial charge in [0.1, 0.15) is 0 Å². The number of aryl methyl sites for hydroxylation is 4. The molecular weight excluding hydrogens is 617 g/mol. The molecule has 6 aromatic rings. The Hall–Kier alpha value is -6.26. The average Bonchev–Trinajstić information content (AvgIpc) is 3.52. The smallest absolute Gasteiger partial charge is 0.198 e. The van der Waals surface area contributed by atoms with Gasteiger partial charge in [-0.3, -0.25) is 19.2 Å². The van der Waals surface area contributed by atoms with Gasteiger partial charge in [-0.05, 0) is 105 Å². The zero-order chi connectivity index (χ0) is 34.8. The van der Waals surface area contributed by atoms with E-state index in [1.807, 2.05) is 48.5 Å². The van der Waals surface area contributed by atoms with Gasteiger partial charge in [-0.25, -0.2) is 0 Å². The number of carbonyl (C=O) groups excluding carboxylic acids is 4. The molecule has 0 aliphatic heterocycles. The molecule has 0 radical (unpaired) electrons. The number of ketones is 4. The number of Topliss-reactive ketones (excluding diaryl/α,β-unsaturated/α-hetero) is 4. The number of hydrogen-bond donors (Lipinski definition) is 0. The van der Waals surface area contributed by atoms with Gasteiger partial charge in [0, 0.05) is 22.3 Å². The van der Waals surface area contributed by atoms with Crippen LogP contribution in [0.25, 0.3) is 33.4 Å². The molecule has 8 rings (SSSR count). The molecule has 0 unspecified atom stereocenters. The standard InChI is InChI=1S/C46H32O4/c1-25-11-9-12-26(2)39(25)37-23-29(41-43(47)33-15-5-6-16-34(33)44(41)48)19-21-31(37)32-22-20-30(24-38(32)40-27(3)13-10-14-28(40)4)42-45(49)35-17-7-8-18-36(35)46(42)50/h5-24H,1-4H3/b32-31+. The van der Waals surface area contributed by atoms with E-state index in [1.165, 1.54) is 0 Å². The Morgan fingerprint density at radius 1 is 0.320 bits per heavy atom. The van der Waals surface area contributed by atoms with Gasteiger partial charge in [0.15, 0.2) is 23.1 Å². The average molecular weight is 649 g/mol. The fourth-order valence-corrected chi connectivity index (χ4v) is 7.79. The number of hydrogen-bond acceptors (Lipinski definition) is 4. The molecule has 6 aromatic carbocycles. The van der Waals surface area contributed by atoms with Crippen molar-refractivity contribution >= 4 is 34.3 Å². The van der Waals surface area contributed by atoms with E-state index >= 15 is 0 Å². The van der Waals surface area contributed by atoms with Gasteiger partial charge in [-0.15, -0.1) is 0 Å². The van der Waals surface area contributed by atoms with Gasteiger partial charge in [-0.2, -0.15) is 0 Å². The summed E-state index contributed by atoms with van der Waals surface area (Å²) >= 11 is 0. The van der Waals surface area contributed by atoms with E-state index in [4.69, 9.17) is 0 Å². The summed E-state index contributed by atoms with van der Waals surface area (Å²) in [6, 6.07) is 37.9. The summed E-state index contributed by atoms with van der Waals surface area (Å²) in [6.45, 7) is 8.26. The van der Waals surface area contributed by atoms with Crippen LogP contribution in [0, 0.1) is 38.1 Å². The zero-order valence-corrected chi connectivity index (χ0v) is 28.2. The van der Waals surface area contributed by atoms with Crippen LogP contribution >= 0.6 is 0 Å². The number of carbonyl (C=O) groups is 4. The van der Waals surface area contributed by atoms with Crippen molar-refractivity contribution in [2.24, 2.45) is 0 Å². The van der Waals surface area contributed by atoms with Crippen LogP contribution in [0.4, 0.5) is 0 Å². The second-order valence-electron chi connectivity index (χ2n) is 13.2. The highest BCUT2D eigenvalue weighted by Gasteiger charge is 2.34. The van der Waals surface area contributed by atoms with Crippen molar-refractivity contribution in [1.82, 2.24) is 0 Å². The predicted octanol–water partition coefficient (Wildman–Crippen LogP) is 8.00. The number of rotatable bonds is 2. The van der Waals surface area contributed by atoms with Crippen LogP contribution in [0.5, 0.6) is 0 Å². The van der Waals surface area contributed by atoms with E-state index < -0.39 is 0 Å². The largest absolute Gasteiger partial charge is 0.288 e. The Kier molecular flexibility index (Phi) is 7.27. The van der Waals surface area contributed by atoms with Gasteiger partial charge in [0.2, 0.25) is 0 Å². The Bertz CT molecular complexity index is 2460. The van der Waals surface area contributed by atoms with Crippen molar-refractivity contribution in [3.05, 3.63) is 187 Å². The molecule has 0 heterocycles. The molecule has 50 heavy (non-hydrogen) atoms. The van der Waals surface area contributed by atoms with Crippen LogP contribution in [0.15, 0.2) is 121 Å². The number of benzene rings is 6. The molecule has 0 spiro atoms. The summed E-state index contributed by atoms with van der Waals surface area (Å²) in [5.41, 5.74) is 10.1. The highest BCUT2D eigenvalue weighted by atomic mass is 16.2. The molecule has 0 fully saturated rings. The quantitative estimate of drug-likeness (QED) is 0.191. The zero-order valence-electron chi connectivity index (χ0n) is 28.2. The maximum atomic E-state index is 13.6. The fraction of sp³-hybridized carbons (Fsp3) is 0.0870. The van der Waals surface area contributed by atoms with Crippen molar-refractivity contribution < 1.29 is 19.2 Å². The van der Waals surface area contributed by atoms with E-state index in [-0.39, 0.29) is 34.3 Å². The van der Waals surface area contributed by atoms with Crippen LogP contribution in [-0.2, 0) is 0 Å². The molecule has 4 nitrogen and oxygen atoms in total. The molecule has 2 aliphatic rings. The topological polar surface area (TPSA) is 68.3 Å². The van der Waals surface area contributed by atoms with Gasteiger partial charge in [0.05, 0.1) is 11.1 Å². The monoisotopic (exact) mass is 648 g/mol. The third-order valence-electron chi connectivity index (χ3n) is 10.1. The summed E-state index contributed by atoms with van der Waals surface area (Å²) in [5, 5.41) is 2.95. The Labute approximate surface area is 289 Å². The van der Waals surface area contributed by atoms with Crippen molar-refractivity contribution in [3.63, 3.8) is 0 Å². The maximum absolute atomic E-state index is 13.6. The fourth-order valence-electron chi connectivity index (χ4n) is 7.79. The van der Waals surface area contributed by atoms with E-state index in [2.05, 4.69) is 52.0 Å². The molecule has 0 atom stereocenters. The minimum absolute atomic E-state index is 0.171. The summed E-state index contributed by atoms with van der Waals surface area (Å²) in [7, 11) is 0. The normalized spacial score (nSPS) is 14.4. The van der Waals surface area contributed by atoms with Gasteiger partial charge in [-0.1, -0.05) is 109 Å². The molecule has 0 saturated carbocycles. The van der Waals surface area contributed by atoms with Crippen LogP contribution < -0.4 is 10.4 Å². The molecule has 0 saturated heterocycles. The summed E-state index contributed by atoms with van der Waals surface area (Å²) in [5.74, 6) is -1.07. The lowest BCUT2D eigenvalue weighted by molar-refractivity contribution is 0.101. The lowest BCUT2D eigenvalue weighted by atomic mass is 9.89. The molecule has 2 aliphatic carbocycles. The van der Waals surface area contributed by atoms with Crippen LogP contribution in [0.3, 0.4) is 0 Å². The van der Waals surface area contributed by atoms with Crippen molar-refractivity contribution in [2.45, 2.75) is 27.7 Å². The highest BCUT2D eigenvalue weighted by Crippen LogP contribution is 2.33. The van der Waals surface area contributed by atoms with E-state index in [0.717, 1.165) is 54.9 Å². The summed E-state index contributed by atoms with van der Waals surface area (Å²) in [4.78, 5) is 54.6. The van der Waals surface area contributed by atoms with E-state index in [0.29, 0.717) is 32.7 Å². The Balaban J connectivity index is 1.54. The third kappa shape index (κ3) is 4.67. The van der Waals surface area contributed by atoms with E-state index in [1.54, 1.807) is 48.5 Å². The molecule has 0 N–H and O–H groups in total. The van der Waals surface area contributed by atoms with Crippen molar-refractivity contribution in [3.8, 4) is 22.3 Å². The highest BCUT2D eigenvalue weighted by molar-refractivity contribution is 6.56. The summed E-state index contributed by atoms with van der Waals surface area (Å²) in [6.07, 6.45) is 0. The molecule has 0 amide bonds. The van der Waals surface area contributed by atoms with Crippen molar-refractivity contribution in [2.75, 3.05) is 0 Å². The summed E-state index contributed by atoms with van der Waals surface area (Å²) < 4.78 is 0. The van der Waals surface area contributed by atoms with Crippen LogP contribution in [0.2, 0.25) is 0 Å². The van der Waals surface area contributed by atoms with Crippen LogP contribution in [0.1, 0.15) is 63.7 Å². The first-order valence-electron chi connectivity index (χ1n) is 16.7. The molecule has 240 valence electrons. The minimum atomic E-state index is -0.268. The lowest BCUT2D eigenvalue weighted by Crippen LogP contribution is -2.16. The molecule has 0 aromatic heterocycles. The van der Waals surface area contributed by atoms with Gasteiger partial charge >= 0.3 is 0 Å².